The molecule has 6 nitrogen and oxygen atoms in total. The zero-order valence-electron chi connectivity index (χ0n) is 14.0. The van der Waals surface area contributed by atoms with Gasteiger partial charge < -0.3 is 9.15 Å². The van der Waals surface area contributed by atoms with Crippen LogP contribution in [0.5, 0.6) is 5.88 Å². The van der Waals surface area contributed by atoms with Crippen molar-refractivity contribution in [3.05, 3.63) is 60.2 Å². The maximum absolute atomic E-state index is 13.2. The third-order valence-corrected chi connectivity index (χ3v) is 4.01. The van der Waals surface area contributed by atoms with Crippen molar-refractivity contribution in [2.45, 2.75) is 20.0 Å². The van der Waals surface area contributed by atoms with Gasteiger partial charge in [0, 0.05) is 18.7 Å². The summed E-state index contributed by atoms with van der Waals surface area (Å²) in [5.41, 5.74) is 1.76. The van der Waals surface area contributed by atoms with Crippen LogP contribution in [0.25, 0.3) is 11.3 Å². The molecule has 0 bridgehead atoms. The first-order chi connectivity index (χ1) is 12.1. The highest BCUT2D eigenvalue weighted by molar-refractivity contribution is 6.08. The molecule has 3 heterocycles. The number of carbonyl (C=O) groups excluding carboxylic acids is 1. The molecule has 2 aromatic heterocycles. The molecule has 1 amide bonds. The number of fused-ring (bicyclic) bond motifs is 1. The third kappa shape index (κ3) is 2.76. The average Bonchev–Trinajstić information content (AvgIpc) is 3.03. The first-order valence-electron chi connectivity index (χ1n) is 8.10. The van der Waals surface area contributed by atoms with E-state index < -0.39 is 0 Å². The number of rotatable bonds is 2. The first-order valence-corrected chi connectivity index (χ1v) is 8.10. The zero-order valence-corrected chi connectivity index (χ0v) is 14.0. The number of hydrogen-bond donors (Lipinski definition) is 0. The van der Waals surface area contributed by atoms with Gasteiger partial charge in [-0.05, 0) is 19.1 Å². The molecule has 0 radical (unpaired) electrons. The van der Waals surface area contributed by atoms with Crippen LogP contribution in [0.2, 0.25) is 0 Å². The van der Waals surface area contributed by atoms with Gasteiger partial charge in [-0.2, -0.15) is 0 Å². The average molecular weight is 335 g/mol. The molecule has 0 N–H and O–H groups in total. The Hall–Kier alpha value is -3.15. The largest absolute Gasteiger partial charge is 0.471 e. The van der Waals surface area contributed by atoms with Crippen molar-refractivity contribution in [2.24, 2.45) is 0 Å². The van der Waals surface area contributed by atoms with Crippen LogP contribution in [-0.2, 0) is 0 Å². The van der Waals surface area contributed by atoms with E-state index in [0.717, 1.165) is 5.56 Å². The molecule has 1 aromatic carbocycles. The predicted molar refractivity (Wildman–Crippen MR) is 92.7 cm³/mol. The predicted octanol–water partition coefficient (Wildman–Crippen LogP) is 3.47. The van der Waals surface area contributed by atoms with Crippen LogP contribution in [0.15, 0.2) is 53.1 Å². The van der Waals surface area contributed by atoms with E-state index >= 15 is 0 Å². The second-order valence-corrected chi connectivity index (χ2v) is 5.95. The number of nitrogens with zero attached hydrogens (tertiary/aromatic N) is 3. The highest BCUT2D eigenvalue weighted by atomic mass is 16.5. The number of aromatic nitrogens is 2. The summed E-state index contributed by atoms with van der Waals surface area (Å²) in [5.74, 6) is 1.17. The zero-order chi connectivity index (χ0) is 17.4. The number of aryl methyl sites for hydroxylation is 1. The van der Waals surface area contributed by atoms with Crippen LogP contribution in [0.1, 0.15) is 23.3 Å². The number of carbonyl (C=O) groups is 1. The van der Waals surface area contributed by atoms with Crippen LogP contribution in [0.4, 0.5) is 5.69 Å². The van der Waals surface area contributed by atoms with Crippen LogP contribution < -0.4 is 9.64 Å². The minimum Gasteiger partial charge on any atom is -0.471 e. The van der Waals surface area contributed by atoms with Crippen LogP contribution in [-0.4, -0.2) is 28.5 Å². The van der Waals surface area contributed by atoms with Crippen LogP contribution >= 0.6 is 0 Å². The van der Waals surface area contributed by atoms with Gasteiger partial charge in [0.05, 0.1) is 6.54 Å². The normalized spacial score (nSPS) is 16.2. The summed E-state index contributed by atoms with van der Waals surface area (Å²) in [5, 5.41) is 0. The molecule has 1 aliphatic heterocycles. The molecule has 0 unspecified atom stereocenters. The summed E-state index contributed by atoms with van der Waals surface area (Å²) in [4.78, 5) is 23.5. The molecule has 0 saturated carbocycles. The maximum Gasteiger partial charge on any atom is 0.281 e. The number of oxazole rings is 1. The fraction of sp³-hybridized carbons (Fsp3) is 0.211. The van der Waals surface area contributed by atoms with Gasteiger partial charge in [0.1, 0.15) is 11.8 Å². The van der Waals surface area contributed by atoms with Gasteiger partial charge in [-0.3, -0.25) is 9.69 Å². The van der Waals surface area contributed by atoms with Gasteiger partial charge in [-0.15, -0.1) is 0 Å². The monoisotopic (exact) mass is 335 g/mol. The smallest absolute Gasteiger partial charge is 0.281 e. The van der Waals surface area contributed by atoms with Gasteiger partial charge in [-0.25, -0.2) is 9.97 Å². The van der Waals surface area contributed by atoms with Crippen LogP contribution in [0.3, 0.4) is 0 Å². The fourth-order valence-electron chi connectivity index (χ4n) is 2.94. The minimum atomic E-state index is -0.222. The Balaban J connectivity index is 1.78. The van der Waals surface area contributed by atoms with Gasteiger partial charge in [0.2, 0.25) is 5.88 Å². The Labute approximate surface area is 145 Å². The molecule has 4 rings (SSSR count). The molecule has 3 aromatic rings. The Bertz CT molecular complexity index is 921. The second kappa shape index (κ2) is 6.05. The Kier molecular flexibility index (Phi) is 3.72. The van der Waals surface area contributed by atoms with E-state index in [1.165, 1.54) is 0 Å². The van der Waals surface area contributed by atoms with Gasteiger partial charge in [-0.1, -0.05) is 30.3 Å². The molecular weight excluding hydrogens is 318 g/mol. The van der Waals surface area contributed by atoms with E-state index in [1.54, 1.807) is 24.1 Å². The topological polar surface area (TPSA) is 68.5 Å². The van der Waals surface area contributed by atoms with E-state index in [1.807, 2.05) is 43.3 Å². The first kappa shape index (κ1) is 15.4. The molecule has 6 heteroatoms. The highest BCUT2D eigenvalue weighted by Crippen LogP contribution is 2.33. The third-order valence-electron chi connectivity index (χ3n) is 4.01. The quantitative estimate of drug-likeness (QED) is 0.717. The van der Waals surface area contributed by atoms with Crippen molar-refractivity contribution in [3.8, 4) is 17.2 Å². The maximum atomic E-state index is 13.2. The molecule has 0 fully saturated rings. The molecule has 0 spiro atoms. The fourth-order valence-corrected chi connectivity index (χ4v) is 2.94. The van der Waals surface area contributed by atoms with E-state index in [-0.39, 0.29) is 12.0 Å². The van der Waals surface area contributed by atoms with Crippen molar-refractivity contribution in [3.63, 3.8) is 0 Å². The Morgan fingerprint density at radius 2 is 2.00 bits per heavy atom. The molecule has 1 aliphatic rings. The summed E-state index contributed by atoms with van der Waals surface area (Å²) in [6.45, 7) is 4.07. The van der Waals surface area contributed by atoms with E-state index in [9.17, 15) is 4.79 Å². The highest BCUT2D eigenvalue weighted by Gasteiger charge is 2.32. The Morgan fingerprint density at radius 1 is 1.20 bits per heavy atom. The summed E-state index contributed by atoms with van der Waals surface area (Å²) < 4.78 is 11.4. The number of anilines is 1. The summed E-state index contributed by atoms with van der Waals surface area (Å²) in [6, 6.07) is 13.1. The van der Waals surface area contributed by atoms with Gasteiger partial charge >= 0.3 is 0 Å². The van der Waals surface area contributed by atoms with E-state index in [0.29, 0.717) is 35.5 Å². The standard InChI is InChI=1S/C19H17N3O3/c1-12-11-22(15-9-6-10-20-18(15)24-12)19(23)16-17(25-13(2)21-16)14-7-4-3-5-8-14/h3-10,12H,11H2,1-2H3/t12-/m1/s1. The number of amides is 1. The number of ether oxygens (including phenoxy) is 1. The molecule has 126 valence electrons. The van der Waals surface area contributed by atoms with Gasteiger partial charge in [0.25, 0.3) is 5.91 Å². The van der Waals surface area contributed by atoms with Crippen molar-refractivity contribution < 1.29 is 13.9 Å². The second-order valence-electron chi connectivity index (χ2n) is 5.95. The van der Waals surface area contributed by atoms with Crippen LogP contribution in [0, 0.1) is 6.92 Å². The van der Waals surface area contributed by atoms with Gasteiger partial charge in [0.15, 0.2) is 17.3 Å². The van der Waals surface area contributed by atoms with E-state index in [2.05, 4.69) is 9.97 Å². The number of benzene rings is 1. The lowest BCUT2D eigenvalue weighted by Gasteiger charge is -2.32. The van der Waals surface area contributed by atoms with E-state index in [4.69, 9.17) is 9.15 Å². The summed E-state index contributed by atoms with van der Waals surface area (Å²) >= 11 is 0. The molecular formula is C19H17N3O3. The molecule has 25 heavy (non-hydrogen) atoms. The molecule has 1 atom stereocenters. The molecule has 0 aliphatic carbocycles. The number of pyridine rings is 1. The lowest BCUT2D eigenvalue weighted by atomic mass is 10.1. The van der Waals surface area contributed by atoms with Crippen molar-refractivity contribution in [1.82, 2.24) is 9.97 Å². The Morgan fingerprint density at radius 3 is 2.80 bits per heavy atom. The van der Waals surface area contributed by atoms with Crippen molar-refractivity contribution >= 4 is 11.6 Å². The number of hydrogen-bond acceptors (Lipinski definition) is 5. The summed E-state index contributed by atoms with van der Waals surface area (Å²) in [6.07, 6.45) is 1.49. The lowest BCUT2D eigenvalue weighted by Crippen LogP contribution is -2.42. The SMILES string of the molecule is Cc1nc(C(=O)N2C[C@@H](C)Oc3ncccc32)c(-c2ccccc2)o1. The summed E-state index contributed by atoms with van der Waals surface area (Å²) in [7, 11) is 0. The lowest BCUT2D eigenvalue weighted by molar-refractivity contribution is 0.0954. The van der Waals surface area contributed by atoms with Crippen molar-refractivity contribution in [1.29, 1.82) is 0 Å². The van der Waals surface area contributed by atoms with Crippen molar-refractivity contribution in [2.75, 3.05) is 11.4 Å². The minimum absolute atomic E-state index is 0.153. The molecule has 0 saturated heterocycles.